The molecule has 14 heteroatoms. The van der Waals surface area contributed by atoms with E-state index in [9.17, 15) is 13.2 Å². The fraction of sp³-hybridized carbons (Fsp3) is 0.250. The molecule has 0 spiro atoms. The van der Waals surface area contributed by atoms with Crippen LogP contribution in [0, 0.1) is 0 Å². The lowest BCUT2D eigenvalue weighted by Crippen LogP contribution is -2.18. The Bertz CT molecular complexity index is 1950. The van der Waals surface area contributed by atoms with Gasteiger partial charge in [-0.15, -0.1) is 0 Å². The number of nitrogens with one attached hydrogen (secondary N) is 3. The summed E-state index contributed by atoms with van der Waals surface area (Å²) in [6, 6.07) is 11.5. The van der Waals surface area contributed by atoms with Crippen molar-refractivity contribution >= 4 is 38.3 Å². The Hall–Kier alpha value is -4.98. The first-order valence-electron chi connectivity index (χ1n) is 13.0. The summed E-state index contributed by atoms with van der Waals surface area (Å²) in [5.74, 6) is 1.45. The fourth-order valence-electron chi connectivity index (χ4n) is 4.74. The second kappa shape index (κ2) is 10.4. The van der Waals surface area contributed by atoms with Crippen molar-refractivity contribution in [1.82, 2.24) is 19.9 Å². The van der Waals surface area contributed by atoms with E-state index in [0.29, 0.717) is 45.3 Å². The highest BCUT2D eigenvalue weighted by Crippen LogP contribution is 2.42. The number of sulfonamides is 1. The van der Waals surface area contributed by atoms with Gasteiger partial charge in [-0.1, -0.05) is 5.16 Å². The highest BCUT2D eigenvalue weighted by Gasteiger charge is 2.29. The van der Waals surface area contributed by atoms with E-state index in [2.05, 4.69) is 25.4 Å². The summed E-state index contributed by atoms with van der Waals surface area (Å²) >= 11 is 0. The average molecular weight is 593 g/mol. The van der Waals surface area contributed by atoms with Gasteiger partial charge in [0.2, 0.25) is 0 Å². The van der Waals surface area contributed by atoms with Gasteiger partial charge in [0.05, 0.1) is 32.4 Å². The molecule has 0 amide bonds. The molecule has 0 unspecified atom stereocenters. The van der Waals surface area contributed by atoms with Crippen molar-refractivity contribution in [2.75, 3.05) is 31.4 Å². The number of H-pyrrole nitrogens is 1. The molecule has 42 heavy (non-hydrogen) atoms. The topological polar surface area (TPSA) is 163 Å². The Morgan fingerprint density at radius 2 is 1.74 bits per heavy atom. The van der Waals surface area contributed by atoms with E-state index in [4.69, 9.17) is 18.7 Å². The minimum atomic E-state index is -4.33. The van der Waals surface area contributed by atoms with E-state index in [1.807, 2.05) is 6.07 Å². The molecule has 1 aliphatic rings. The van der Waals surface area contributed by atoms with Crippen molar-refractivity contribution in [2.24, 2.45) is 7.05 Å². The van der Waals surface area contributed by atoms with Crippen LogP contribution in [0.25, 0.3) is 22.1 Å². The number of pyridine rings is 1. The van der Waals surface area contributed by atoms with Crippen LogP contribution in [0.1, 0.15) is 24.5 Å². The first-order chi connectivity index (χ1) is 20.2. The SMILES string of the molecule is COc1cc2c(NS(=O)(=O)c3c(OC)cc(-c4cccn(C)c4=O)cc3OC)noc2cc1Nc1cc(C2CC2)[nH]n1. The van der Waals surface area contributed by atoms with Crippen LogP contribution in [-0.2, 0) is 17.1 Å². The maximum atomic E-state index is 13.7. The second-order valence-electron chi connectivity index (χ2n) is 9.84. The summed E-state index contributed by atoms with van der Waals surface area (Å²) < 4.78 is 53.3. The zero-order chi connectivity index (χ0) is 29.6. The molecule has 5 aromatic rings. The average Bonchev–Trinajstić information content (AvgIpc) is 3.62. The normalized spacial score (nSPS) is 13.2. The molecule has 3 heterocycles. The Labute approximate surface area is 240 Å². The molecule has 13 nitrogen and oxygen atoms in total. The van der Waals surface area contributed by atoms with E-state index in [0.717, 1.165) is 18.5 Å². The standard InChI is InChI=1S/C28H28N6O7S/c1-34-9-5-6-17(28(34)35)16-10-23(39-3)26(24(11-16)40-4)42(36,37)33-27-18-12-22(38-2)20(13-21(18)41-32-27)29-25-14-19(30-31-25)15-7-8-15/h5-6,9-15H,7-8H2,1-4H3,(H,32,33)(H2,29,30,31). The molecular weight excluding hydrogens is 564 g/mol. The van der Waals surface area contributed by atoms with Crippen molar-refractivity contribution in [1.29, 1.82) is 0 Å². The highest BCUT2D eigenvalue weighted by molar-refractivity contribution is 7.93. The predicted molar refractivity (Wildman–Crippen MR) is 155 cm³/mol. The third kappa shape index (κ3) is 4.89. The van der Waals surface area contributed by atoms with Crippen molar-refractivity contribution < 1.29 is 27.2 Å². The predicted octanol–water partition coefficient (Wildman–Crippen LogP) is 4.36. The van der Waals surface area contributed by atoms with Crippen LogP contribution in [0.5, 0.6) is 17.2 Å². The molecule has 6 rings (SSSR count). The zero-order valence-corrected chi connectivity index (χ0v) is 24.0. The Morgan fingerprint density at radius 3 is 2.40 bits per heavy atom. The molecule has 1 fully saturated rings. The monoisotopic (exact) mass is 592 g/mol. The number of fused-ring (bicyclic) bond motifs is 1. The Kier molecular flexibility index (Phi) is 6.77. The lowest BCUT2D eigenvalue weighted by molar-refractivity contribution is 0.374. The molecule has 0 aliphatic heterocycles. The van der Waals surface area contributed by atoms with Gasteiger partial charge >= 0.3 is 0 Å². The summed E-state index contributed by atoms with van der Waals surface area (Å²) in [5.41, 5.74) is 2.47. The van der Waals surface area contributed by atoms with Crippen LogP contribution < -0.4 is 29.8 Å². The number of hydrogen-bond acceptors (Lipinski definition) is 10. The minimum absolute atomic E-state index is 0.0239. The summed E-state index contributed by atoms with van der Waals surface area (Å²) in [7, 11) is 1.46. The largest absolute Gasteiger partial charge is 0.495 e. The molecule has 0 radical (unpaired) electrons. The number of benzene rings is 2. The fourth-order valence-corrected chi connectivity index (χ4v) is 6.06. The van der Waals surface area contributed by atoms with E-state index in [-0.39, 0.29) is 27.8 Å². The van der Waals surface area contributed by atoms with E-state index >= 15 is 0 Å². The van der Waals surface area contributed by atoms with E-state index in [1.54, 1.807) is 37.5 Å². The summed E-state index contributed by atoms with van der Waals surface area (Å²) in [6.07, 6.45) is 3.91. The van der Waals surface area contributed by atoms with Crippen LogP contribution in [0.2, 0.25) is 0 Å². The smallest absolute Gasteiger partial charge is 0.270 e. The molecule has 0 saturated heterocycles. The molecule has 218 valence electrons. The number of methoxy groups -OCH3 is 3. The summed E-state index contributed by atoms with van der Waals surface area (Å²) in [6.45, 7) is 0. The van der Waals surface area contributed by atoms with Gasteiger partial charge < -0.3 is 28.6 Å². The number of aromatic nitrogens is 4. The Balaban J connectivity index is 1.35. The number of nitrogens with zero attached hydrogens (tertiary/aromatic N) is 3. The van der Waals surface area contributed by atoms with Gasteiger partial charge in [0.25, 0.3) is 15.6 Å². The lowest BCUT2D eigenvalue weighted by Gasteiger charge is -2.16. The molecule has 0 atom stereocenters. The number of rotatable bonds is 10. The molecule has 3 N–H and O–H groups in total. The third-order valence-corrected chi connectivity index (χ3v) is 8.47. The van der Waals surface area contributed by atoms with Gasteiger partial charge in [-0.2, -0.15) is 5.10 Å². The van der Waals surface area contributed by atoms with Crippen LogP contribution >= 0.6 is 0 Å². The van der Waals surface area contributed by atoms with Gasteiger partial charge in [0.15, 0.2) is 22.1 Å². The van der Waals surface area contributed by atoms with Crippen molar-refractivity contribution in [3.8, 4) is 28.4 Å². The first kappa shape index (κ1) is 27.2. The van der Waals surface area contributed by atoms with Crippen LogP contribution in [0.15, 0.2) is 62.9 Å². The number of anilines is 3. The van der Waals surface area contributed by atoms with Crippen LogP contribution in [0.3, 0.4) is 0 Å². The molecular formula is C28H28N6O7S. The zero-order valence-electron chi connectivity index (χ0n) is 23.2. The number of aromatic amines is 1. The van der Waals surface area contributed by atoms with Crippen molar-refractivity contribution in [3.63, 3.8) is 0 Å². The van der Waals surface area contributed by atoms with Gasteiger partial charge in [-0.05, 0) is 48.7 Å². The number of hydrogen-bond donors (Lipinski definition) is 3. The molecule has 2 aromatic carbocycles. The quantitative estimate of drug-likeness (QED) is 0.212. The van der Waals surface area contributed by atoms with Crippen molar-refractivity contribution in [2.45, 2.75) is 23.7 Å². The van der Waals surface area contributed by atoms with Gasteiger partial charge in [0.1, 0.15) is 17.2 Å². The Morgan fingerprint density at radius 1 is 1.02 bits per heavy atom. The molecule has 1 aliphatic carbocycles. The summed E-state index contributed by atoms with van der Waals surface area (Å²) in [4.78, 5) is 12.4. The number of ether oxygens (including phenoxy) is 3. The lowest BCUT2D eigenvalue weighted by atomic mass is 10.1. The highest BCUT2D eigenvalue weighted by atomic mass is 32.2. The van der Waals surface area contributed by atoms with E-state index < -0.39 is 10.0 Å². The maximum absolute atomic E-state index is 13.7. The summed E-state index contributed by atoms with van der Waals surface area (Å²) in [5, 5.41) is 14.9. The first-order valence-corrected chi connectivity index (χ1v) is 14.4. The number of aryl methyl sites for hydroxylation is 1. The molecule has 1 saturated carbocycles. The molecule has 3 aromatic heterocycles. The van der Waals surface area contributed by atoms with Crippen LogP contribution in [0.4, 0.5) is 17.3 Å². The maximum Gasteiger partial charge on any atom is 0.270 e. The molecule has 0 bridgehead atoms. The van der Waals surface area contributed by atoms with Gasteiger partial charge in [-0.25, -0.2) is 8.42 Å². The van der Waals surface area contributed by atoms with Gasteiger partial charge in [-0.3, -0.25) is 14.6 Å². The second-order valence-corrected chi connectivity index (χ2v) is 11.5. The van der Waals surface area contributed by atoms with Crippen molar-refractivity contribution in [3.05, 3.63) is 64.7 Å². The van der Waals surface area contributed by atoms with E-state index in [1.165, 1.54) is 38.0 Å². The van der Waals surface area contributed by atoms with Crippen LogP contribution in [-0.4, -0.2) is 49.7 Å². The minimum Gasteiger partial charge on any atom is -0.495 e. The van der Waals surface area contributed by atoms with Gasteiger partial charge in [0, 0.05) is 42.6 Å². The third-order valence-electron chi connectivity index (χ3n) is 7.06.